The van der Waals surface area contributed by atoms with Crippen LogP contribution in [-0.2, 0) is 28.5 Å². The lowest BCUT2D eigenvalue weighted by Crippen LogP contribution is -2.56. The number of fused-ring (bicyclic) bond motifs is 2. The second-order valence-corrected chi connectivity index (χ2v) is 11.8. The molecule has 2 aromatic heterocycles. The van der Waals surface area contributed by atoms with Crippen molar-refractivity contribution in [3.63, 3.8) is 0 Å². The van der Waals surface area contributed by atoms with Crippen LogP contribution in [-0.4, -0.2) is 87.0 Å². The molecule has 3 saturated heterocycles. The molecule has 0 aliphatic carbocycles. The number of halogens is 3. The molecule has 3 fully saturated rings. The Kier molecular flexibility index (Phi) is 7.19. The number of ether oxygens (including phenoxy) is 5. The first kappa shape index (κ1) is 27.6. The van der Waals surface area contributed by atoms with Gasteiger partial charge in [0.05, 0.1) is 18.5 Å². The van der Waals surface area contributed by atoms with Gasteiger partial charge in [-0.25, -0.2) is 9.97 Å². The number of aromatic nitrogens is 3. The van der Waals surface area contributed by atoms with Crippen molar-refractivity contribution >= 4 is 28.6 Å². The quantitative estimate of drug-likeness (QED) is 0.386. The normalized spacial score (nSPS) is 31.0. The summed E-state index contributed by atoms with van der Waals surface area (Å²) in [4.78, 5) is 22.3. The van der Waals surface area contributed by atoms with Gasteiger partial charge in [-0.05, 0) is 47.1 Å². The molecule has 5 rings (SSSR count). The predicted octanol–water partition coefficient (Wildman–Crippen LogP) is 3.92. The molecule has 3 aliphatic rings. The number of alkyl halides is 2. The number of nitrogens with zero attached hydrogens (tertiary/aromatic N) is 4. The van der Waals surface area contributed by atoms with Crippen molar-refractivity contribution in [2.45, 2.75) is 95.5 Å². The van der Waals surface area contributed by atoms with Gasteiger partial charge in [-0.15, -0.1) is 0 Å². The number of rotatable bonds is 6. The number of hydrogen-bond donors (Lipinski definition) is 0. The van der Waals surface area contributed by atoms with Crippen molar-refractivity contribution < 1.29 is 37.3 Å². The maximum Gasteiger partial charge on any atom is 0.368 e. The molecule has 5 atom stereocenters. The van der Waals surface area contributed by atoms with Gasteiger partial charge in [-0.3, -0.25) is 9.69 Å². The molecule has 13 heteroatoms. The Hall–Kier alpha value is -1.96. The number of morpholine rings is 1. The zero-order chi connectivity index (χ0) is 27.5. The average Bonchev–Trinajstić information content (AvgIpc) is 3.44. The monoisotopic (exact) mass is 558 g/mol. The van der Waals surface area contributed by atoms with Crippen LogP contribution >= 0.6 is 11.6 Å². The molecule has 2 aromatic rings. The van der Waals surface area contributed by atoms with E-state index in [1.54, 1.807) is 56.3 Å². The number of carbonyl (C=O) groups is 1. The van der Waals surface area contributed by atoms with E-state index in [0.717, 1.165) is 0 Å². The minimum atomic E-state index is -3.32. The predicted molar refractivity (Wildman–Crippen MR) is 132 cm³/mol. The minimum absolute atomic E-state index is 0.0794. The van der Waals surface area contributed by atoms with Crippen LogP contribution in [0.3, 0.4) is 0 Å². The van der Waals surface area contributed by atoms with Gasteiger partial charge in [-0.1, -0.05) is 11.6 Å². The highest BCUT2D eigenvalue weighted by atomic mass is 35.5. The van der Waals surface area contributed by atoms with Crippen LogP contribution in [0.1, 0.15) is 53.7 Å². The fraction of sp³-hybridized carbons (Fsp3) is 0.720. The van der Waals surface area contributed by atoms with Crippen molar-refractivity contribution in [2.75, 3.05) is 19.7 Å². The molecular weight excluding hydrogens is 526 g/mol. The topological polar surface area (TPSA) is 97.2 Å². The van der Waals surface area contributed by atoms with Crippen LogP contribution in [0.15, 0.2) is 18.6 Å². The number of hydrogen-bond acceptors (Lipinski definition) is 9. The summed E-state index contributed by atoms with van der Waals surface area (Å²) in [6.07, 6.45) is -2.05. The molecule has 0 aromatic carbocycles. The van der Waals surface area contributed by atoms with E-state index in [-0.39, 0.29) is 25.5 Å². The van der Waals surface area contributed by atoms with Gasteiger partial charge in [0.2, 0.25) is 0 Å². The van der Waals surface area contributed by atoms with E-state index in [1.165, 1.54) is 6.33 Å². The summed E-state index contributed by atoms with van der Waals surface area (Å²) < 4.78 is 59.5. The van der Waals surface area contributed by atoms with Crippen LogP contribution in [0.5, 0.6) is 0 Å². The van der Waals surface area contributed by atoms with E-state index in [9.17, 15) is 13.6 Å². The summed E-state index contributed by atoms with van der Waals surface area (Å²) in [7, 11) is 0. The zero-order valence-corrected chi connectivity index (χ0v) is 22.8. The van der Waals surface area contributed by atoms with E-state index in [0.29, 0.717) is 22.6 Å². The maximum atomic E-state index is 14.3. The van der Waals surface area contributed by atoms with Crippen molar-refractivity contribution in [2.24, 2.45) is 0 Å². The van der Waals surface area contributed by atoms with Crippen molar-refractivity contribution in [1.82, 2.24) is 19.4 Å². The van der Waals surface area contributed by atoms with Gasteiger partial charge < -0.3 is 28.3 Å². The molecule has 210 valence electrons. The summed E-state index contributed by atoms with van der Waals surface area (Å²) in [6.45, 7) is 8.23. The highest BCUT2D eigenvalue weighted by Crippen LogP contribution is 2.45. The van der Waals surface area contributed by atoms with Crippen molar-refractivity contribution in [3.8, 4) is 0 Å². The van der Waals surface area contributed by atoms with E-state index in [4.69, 9.17) is 35.3 Å². The first-order valence-corrected chi connectivity index (χ1v) is 13.0. The summed E-state index contributed by atoms with van der Waals surface area (Å²) in [6, 6.07) is 1.36. The van der Waals surface area contributed by atoms with Crippen LogP contribution in [0.2, 0.25) is 5.15 Å². The van der Waals surface area contributed by atoms with Crippen molar-refractivity contribution in [1.29, 1.82) is 0 Å². The first-order valence-electron chi connectivity index (χ1n) is 12.7. The molecule has 0 spiro atoms. The Balaban J connectivity index is 1.36. The Morgan fingerprint density at radius 3 is 2.71 bits per heavy atom. The molecule has 0 saturated carbocycles. The Morgan fingerprint density at radius 1 is 1.24 bits per heavy atom. The van der Waals surface area contributed by atoms with Gasteiger partial charge in [-0.2, -0.15) is 8.78 Å². The van der Waals surface area contributed by atoms with Crippen molar-refractivity contribution in [3.05, 3.63) is 23.7 Å². The molecule has 0 N–H and O–H groups in total. The van der Waals surface area contributed by atoms with Crippen LogP contribution in [0.4, 0.5) is 8.78 Å². The Morgan fingerprint density at radius 2 is 1.97 bits per heavy atom. The largest absolute Gasteiger partial charge is 0.460 e. The third kappa shape index (κ3) is 5.80. The molecule has 0 radical (unpaired) electrons. The van der Waals surface area contributed by atoms with Gasteiger partial charge >= 0.3 is 12.1 Å². The van der Waals surface area contributed by atoms with Gasteiger partial charge in [0, 0.05) is 25.2 Å². The highest BCUT2D eigenvalue weighted by molar-refractivity contribution is 6.33. The number of esters is 1. The second-order valence-electron chi connectivity index (χ2n) is 11.4. The molecule has 0 amide bonds. The van der Waals surface area contributed by atoms with E-state index >= 15 is 0 Å². The molecule has 10 nitrogen and oxygen atoms in total. The molecule has 0 unspecified atom stereocenters. The SMILES string of the molecule is CC(C)(C)OC(=O)CC[C@@H]1COC(F)(F)CN1C[C@H]1O[C@@H](n2ccc3c(Cl)ncnc32)[C@@H]2OC(C)(C)O[C@@H]21. The molecule has 0 bridgehead atoms. The first-order chi connectivity index (χ1) is 17.7. The zero-order valence-electron chi connectivity index (χ0n) is 22.0. The summed E-state index contributed by atoms with van der Waals surface area (Å²) in [5.41, 5.74) is -0.0604. The van der Waals surface area contributed by atoms with E-state index in [1.807, 2.05) is 0 Å². The van der Waals surface area contributed by atoms with E-state index in [2.05, 4.69) is 9.97 Å². The maximum absolute atomic E-state index is 14.3. The van der Waals surface area contributed by atoms with Gasteiger partial charge in [0.15, 0.2) is 12.0 Å². The minimum Gasteiger partial charge on any atom is -0.460 e. The fourth-order valence-corrected chi connectivity index (χ4v) is 5.49. The summed E-state index contributed by atoms with van der Waals surface area (Å²) in [5, 5.41) is 0.970. The molecule has 3 aliphatic heterocycles. The average molecular weight is 559 g/mol. The summed E-state index contributed by atoms with van der Waals surface area (Å²) >= 11 is 6.24. The smallest absolute Gasteiger partial charge is 0.368 e. The lowest BCUT2D eigenvalue weighted by Gasteiger charge is -2.40. The Labute approximate surface area is 224 Å². The summed E-state index contributed by atoms with van der Waals surface area (Å²) in [5.74, 6) is -1.28. The lowest BCUT2D eigenvalue weighted by atomic mass is 10.1. The van der Waals surface area contributed by atoms with Crippen LogP contribution < -0.4 is 0 Å². The van der Waals surface area contributed by atoms with Gasteiger partial charge in [0.1, 0.15) is 41.0 Å². The lowest BCUT2D eigenvalue weighted by molar-refractivity contribution is -0.286. The third-order valence-electron chi connectivity index (χ3n) is 6.77. The molecule has 5 heterocycles. The molecule has 38 heavy (non-hydrogen) atoms. The van der Waals surface area contributed by atoms with Gasteiger partial charge in [0.25, 0.3) is 0 Å². The standard InChI is InChI=1S/C25H33ClF2N4O6/c1-23(2,3)36-17(33)7-6-14-11-34-25(27,28)12-31(14)10-16-18-19(38-24(4,5)37-18)22(35-16)32-9-8-15-20(26)29-13-30-21(15)32/h8-9,13-14,16,18-19,22H,6-7,10-12H2,1-5H3/t14-,16-,18-,19-,22-/m1/s1. The Bertz CT molecular complexity index is 1190. The number of carbonyl (C=O) groups excluding carboxylic acids is 1. The fourth-order valence-electron chi connectivity index (χ4n) is 5.30. The van der Waals surface area contributed by atoms with Crippen LogP contribution in [0.25, 0.3) is 11.0 Å². The third-order valence-corrected chi connectivity index (χ3v) is 7.07. The van der Waals surface area contributed by atoms with Crippen LogP contribution in [0, 0.1) is 0 Å². The highest BCUT2D eigenvalue weighted by Gasteiger charge is 2.57. The van der Waals surface area contributed by atoms with E-state index < -0.39 is 54.6 Å². The molecular formula is C25H33ClF2N4O6. The second kappa shape index (κ2) is 9.90.